The van der Waals surface area contributed by atoms with Gasteiger partial charge in [0.25, 0.3) is 0 Å². The molecule has 0 aliphatic heterocycles. The van der Waals surface area contributed by atoms with Gasteiger partial charge in [0.1, 0.15) is 0 Å². The predicted molar refractivity (Wildman–Crippen MR) is 85.1 cm³/mol. The third-order valence-electron chi connectivity index (χ3n) is 2.56. The van der Waals surface area contributed by atoms with E-state index in [0.29, 0.717) is 11.1 Å². The van der Waals surface area contributed by atoms with E-state index in [1.165, 1.54) is 6.92 Å². The minimum absolute atomic E-state index is 0. The molecule has 0 aromatic heterocycles. The first-order valence-electron chi connectivity index (χ1n) is 6.67. The van der Waals surface area contributed by atoms with Gasteiger partial charge in [-0.15, -0.1) is 0 Å². The van der Waals surface area contributed by atoms with Crippen LogP contribution in [0.15, 0.2) is 72.8 Å². The summed E-state index contributed by atoms with van der Waals surface area (Å²) in [5.74, 6) is -2.23. The van der Waals surface area contributed by atoms with Gasteiger partial charge in [0, 0.05) is 25.1 Å². The zero-order chi connectivity index (χ0) is 17.2. The average molecular weight is 378 g/mol. The van der Waals surface area contributed by atoms with Gasteiger partial charge in [0.15, 0.2) is 0 Å². The Hall–Kier alpha value is -2.59. The first kappa shape index (κ1) is 21.4. The normalized spacial score (nSPS) is 8.71. The van der Waals surface area contributed by atoms with Crippen LogP contribution >= 0.6 is 0 Å². The van der Waals surface area contributed by atoms with Gasteiger partial charge in [-0.25, -0.2) is 14.4 Å². The first-order valence-corrected chi connectivity index (χ1v) is 6.67. The summed E-state index contributed by atoms with van der Waals surface area (Å²) in [5.41, 5.74) is 0.883. The summed E-state index contributed by atoms with van der Waals surface area (Å²) in [5, 5.41) is 8.38. The zero-order valence-electron chi connectivity index (χ0n) is 13.3. The monoisotopic (exact) mass is 376 g/mol. The molecule has 0 bridgehead atoms. The van der Waals surface area contributed by atoms with Crippen LogP contribution in [0.5, 0.6) is 0 Å². The number of aromatic carboxylic acids is 1. The van der Waals surface area contributed by atoms with Crippen molar-refractivity contribution in [2.75, 3.05) is 0 Å². The molecule has 1 N–H and O–H groups in total. The summed E-state index contributed by atoms with van der Waals surface area (Å²) in [7, 11) is 0. The Labute approximate surface area is 152 Å². The molecule has 5 nitrogen and oxygen atoms in total. The standard InChI is InChI=1S/C11H10O3.C7H6O2.Zn/c1-8(2)10(12)14-11(13)9-6-4-3-5-7-9;8-7(9)6-4-2-1-3-5-6;/h3-7H,1H2,2H3;1-5H,(H,8,9);. The molecule has 0 unspecified atom stereocenters. The van der Waals surface area contributed by atoms with E-state index in [-0.39, 0.29) is 25.1 Å². The van der Waals surface area contributed by atoms with Gasteiger partial charge in [-0.3, -0.25) is 0 Å². The maximum Gasteiger partial charge on any atom is 0.346 e. The van der Waals surface area contributed by atoms with Crippen molar-refractivity contribution in [2.24, 2.45) is 0 Å². The third kappa shape index (κ3) is 7.61. The van der Waals surface area contributed by atoms with Crippen LogP contribution in [0.4, 0.5) is 0 Å². The van der Waals surface area contributed by atoms with Crippen LogP contribution in [0, 0.1) is 0 Å². The van der Waals surface area contributed by atoms with Crippen LogP contribution in [0.3, 0.4) is 0 Å². The van der Waals surface area contributed by atoms with E-state index in [4.69, 9.17) is 5.11 Å². The number of ether oxygens (including phenoxy) is 1. The number of carbonyl (C=O) groups excluding carboxylic acids is 2. The van der Waals surface area contributed by atoms with Gasteiger partial charge < -0.3 is 9.84 Å². The maximum absolute atomic E-state index is 11.3. The fourth-order valence-corrected chi connectivity index (χ4v) is 1.39. The van der Waals surface area contributed by atoms with Crippen molar-refractivity contribution in [3.63, 3.8) is 0 Å². The summed E-state index contributed by atoms with van der Waals surface area (Å²) in [4.78, 5) is 32.5. The molecule has 0 spiro atoms. The Kier molecular flexibility index (Phi) is 9.84. The largest absolute Gasteiger partial charge is 0.478 e. The number of carboxylic acids is 1. The van der Waals surface area contributed by atoms with E-state index < -0.39 is 17.9 Å². The van der Waals surface area contributed by atoms with Gasteiger partial charge in [-0.05, 0) is 31.2 Å². The number of carbonyl (C=O) groups is 3. The van der Waals surface area contributed by atoms with Crippen molar-refractivity contribution in [2.45, 2.75) is 6.92 Å². The number of carboxylic acid groups (broad SMARTS) is 1. The molecule has 0 aliphatic rings. The average Bonchev–Trinajstić information content (AvgIpc) is 2.57. The second-order valence-electron chi connectivity index (χ2n) is 4.49. The molecular weight excluding hydrogens is 362 g/mol. The molecule has 0 amide bonds. The van der Waals surface area contributed by atoms with Crippen molar-refractivity contribution in [3.8, 4) is 0 Å². The van der Waals surface area contributed by atoms with Gasteiger partial charge in [0.2, 0.25) is 0 Å². The van der Waals surface area contributed by atoms with Crippen LogP contribution in [0.25, 0.3) is 0 Å². The molecule has 2 rings (SSSR count). The van der Waals surface area contributed by atoms with E-state index in [1.807, 2.05) is 0 Å². The number of hydrogen-bond acceptors (Lipinski definition) is 4. The van der Waals surface area contributed by atoms with Crippen LogP contribution in [0.1, 0.15) is 27.6 Å². The molecule has 2 aromatic rings. The van der Waals surface area contributed by atoms with Gasteiger partial charge >= 0.3 is 17.9 Å². The van der Waals surface area contributed by atoms with Crippen molar-refractivity contribution >= 4 is 17.9 Å². The Bertz CT molecular complexity index is 696. The van der Waals surface area contributed by atoms with E-state index in [9.17, 15) is 14.4 Å². The molecule has 0 saturated heterocycles. The van der Waals surface area contributed by atoms with Crippen molar-refractivity contribution in [3.05, 3.63) is 83.9 Å². The summed E-state index contributed by atoms with van der Waals surface area (Å²) in [6.45, 7) is 4.86. The van der Waals surface area contributed by atoms with Crippen molar-refractivity contribution in [1.82, 2.24) is 0 Å². The molecule has 2 aromatic carbocycles. The minimum atomic E-state index is -0.879. The Morgan fingerprint density at radius 2 is 1.29 bits per heavy atom. The second-order valence-corrected chi connectivity index (χ2v) is 4.49. The molecule has 24 heavy (non-hydrogen) atoms. The first-order chi connectivity index (χ1) is 10.9. The summed E-state index contributed by atoms with van der Waals surface area (Å²) >= 11 is 0. The molecule has 0 fully saturated rings. The number of rotatable bonds is 3. The molecule has 0 heterocycles. The van der Waals surface area contributed by atoms with Crippen LogP contribution < -0.4 is 0 Å². The second kappa shape index (κ2) is 11.0. The van der Waals surface area contributed by atoms with E-state index in [1.54, 1.807) is 60.7 Å². The topological polar surface area (TPSA) is 80.7 Å². The number of hydrogen-bond donors (Lipinski definition) is 1. The molecule has 0 aliphatic carbocycles. The van der Waals surface area contributed by atoms with Crippen LogP contribution in [-0.2, 0) is 29.0 Å². The van der Waals surface area contributed by atoms with E-state index in [2.05, 4.69) is 11.3 Å². The van der Waals surface area contributed by atoms with Crippen molar-refractivity contribution < 1.29 is 43.7 Å². The quantitative estimate of drug-likeness (QED) is 0.384. The Morgan fingerprint density at radius 1 is 0.875 bits per heavy atom. The van der Waals surface area contributed by atoms with Crippen molar-refractivity contribution in [1.29, 1.82) is 0 Å². The smallest absolute Gasteiger partial charge is 0.346 e. The molecule has 6 heteroatoms. The Morgan fingerprint density at radius 3 is 1.62 bits per heavy atom. The molecule has 0 radical (unpaired) electrons. The summed E-state index contributed by atoms with van der Waals surface area (Å²) < 4.78 is 4.52. The van der Waals surface area contributed by atoms with E-state index in [0.717, 1.165) is 0 Å². The van der Waals surface area contributed by atoms with E-state index >= 15 is 0 Å². The molecule has 0 atom stereocenters. The summed E-state index contributed by atoms with van der Waals surface area (Å²) in [6, 6.07) is 16.6. The number of esters is 2. The molecular formula is C18H16O5Zn. The predicted octanol–water partition coefficient (Wildman–Crippen LogP) is 3.33. The van der Waals surface area contributed by atoms with Crippen LogP contribution in [0.2, 0.25) is 0 Å². The van der Waals surface area contributed by atoms with Gasteiger partial charge in [-0.2, -0.15) is 0 Å². The van der Waals surface area contributed by atoms with Crippen LogP contribution in [-0.4, -0.2) is 23.0 Å². The van der Waals surface area contributed by atoms with Gasteiger partial charge in [-0.1, -0.05) is 43.0 Å². The molecule has 0 saturated carbocycles. The van der Waals surface area contributed by atoms with Gasteiger partial charge in [0.05, 0.1) is 11.1 Å². The maximum atomic E-state index is 11.3. The minimum Gasteiger partial charge on any atom is -0.478 e. The zero-order valence-corrected chi connectivity index (χ0v) is 16.2. The molecule has 120 valence electrons. The number of benzene rings is 2. The SMILES string of the molecule is C=C(C)C(=O)OC(=O)c1ccccc1.O=C(O)c1ccccc1.[Zn]. The fraction of sp³-hybridized carbons (Fsp3) is 0.0556. The Balaban J connectivity index is 0.000000460. The third-order valence-corrected chi connectivity index (χ3v) is 2.56. The summed E-state index contributed by atoms with van der Waals surface area (Å²) in [6.07, 6.45) is 0. The fourth-order valence-electron chi connectivity index (χ4n) is 1.39.